The van der Waals surface area contributed by atoms with Crippen molar-refractivity contribution in [2.24, 2.45) is 11.5 Å². The third-order valence-electron chi connectivity index (χ3n) is 0.642. The molecule has 18 nitrogen and oxygen atoms in total. The molecule has 0 aromatic heterocycles. The zero-order chi connectivity index (χ0) is 23.4. The lowest BCUT2D eigenvalue weighted by molar-refractivity contribution is 0.403. The van der Waals surface area contributed by atoms with Gasteiger partial charge in [0.2, 0.25) is 0 Å². The molecule has 0 rings (SSSR count). The number of rotatable bonds is 4. The molecular weight excluding hydrogens is 485 g/mol. The van der Waals surface area contributed by atoms with Crippen LogP contribution in [-0.2, 0) is 22.8 Å². The van der Waals surface area contributed by atoms with E-state index in [4.69, 9.17) is 83.2 Å². The fourth-order valence-corrected chi connectivity index (χ4v) is 0.329. The number of nitrogens with two attached hydrogens (primary N) is 2. The first-order chi connectivity index (χ1) is 12.1. The maximum absolute atomic E-state index is 8.74. The van der Waals surface area contributed by atoms with Crippen LogP contribution in [0.3, 0.4) is 0 Å². The van der Waals surface area contributed by atoms with Gasteiger partial charge >= 0.3 is 41.3 Å². The first kappa shape index (κ1) is 41.9. The molecule has 0 fully saturated rings. The number of hydrogen-bond donors (Lipinski definition) is 13. The fraction of sp³-hybridized carbons (Fsp3) is 1.00. The van der Waals surface area contributed by atoms with Crippen molar-refractivity contribution in [3.63, 3.8) is 0 Å². The van der Waals surface area contributed by atoms with Gasteiger partial charge in [0.15, 0.2) is 0 Å². The second-order valence-electron chi connectivity index (χ2n) is 2.74. The highest BCUT2D eigenvalue weighted by Gasteiger charge is 1.76. The smallest absolute Gasteiger partial charge is 0.314 e. The lowest BCUT2D eigenvalue weighted by Crippen LogP contribution is -2.27. The van der Waals surface area contributed by atoms with Crippen LogP contribution in [0.15, 0.2) is 0 Å². The molecule has 0 bridgehead atoms. The Bertz CT molecular complexity index is 291. The second-order valence-corrected chi connectivity index (χ2v) is 5.57. The fourth-order valence-electron chi connectivity index (χ4n) is 0.329. The maximum atomic E-state index is 8.74. The van der Waals surface area contributed by atoms with Gasteiger partial charge in [-0.15, -0.1) is 0 Å². The summed E-state index contributed by atoms with van der Waals surface area (Å²) in [6, 6.07) is 0. The molecule has 0 aromatic carbocycles. The molecule has 0 aliphatic carbocycles. The molecule has 0 saturated heterocycles. The van der Waals surface area contributed by atoms with E-state index in [1.807, 2.05) is 0 Å². The first-order valence-electron chi connectivity index (χ1n) is 5.78. The van der Waals surface area contributed by atoms with Crippen molar-refractivity contribution in [2.75, 3.05) is 26.2 Å². The van der Waals surface area contributed by atoms with Crippen LogP contribution < -0.4 is 16.8 Å². The maximum Gasteiger partial charge on any atom is 0.314 e. The summed E-state index contributed by atoms with van der Waals surface area (Å²) in [6.07, 6.45) is 0. The Labute approximate surface area is 156 Å². The molecule has 0 amide bonds. The summed E-state index contributed by atoms with van der Waals surface area (Å²) in [4.78, 5) is 71.6. The summed E-state index contributed by atoms with van der Waals surface area (Å²) in [5.74, 6) is 0. The van der Waals surface area contributed by atoms with Gasteiger partial charge in [-0.3, -0.25) is 22.8 Å². The predicted molar refractivity (Wildman–Crippen MR) is 98.2 cm³/mol. The van der Waals surface area contributed by atoms with Gasteiger partial charge in [0.05, 0.1) is 0 Å². The SMILES string of the molecule is NCCNCCN.O=[PH](O)O.O=[PH](O)O.O=[PH](O)O.O=[PH](O)O.O=[PH](O)O. The average molecular weight is 513 g/mol. The number of nitrogens with one attached hydrogen (secondary N) is 1. The molecule has 15 N–H and O–H groups in total. The van der Waals surface area contributed by atoms with Gasteiger partial charge in [0.1, 0.15) is 0 Å². The molecule has 0 radical (unpaired) electrons. The van der Waals surface area contributed by atoms with E-state index in [1.165, 1.54) is 0 Å². The minimum Gasteiger partial charge on any atom is -0.329 e. The Hall–Kier alpha value is 0.630. The monoisotopic (exact) mass is 513 g/mol. The van der Waals surface area contributed by atoms with Gasteiger partial charge in [-0.2, -0.15) is 0 Å². The highest BCUT2D eigenvalue weighted by molar-refractivity contribution is 7.31. The van der Waals surface area contributed by atoms with Crippen LogP contribution in [0, 0.1) is 0 Å². The largest absolute Gasteiger partial charge is 0.329 e. The van der Waals surface area contributed by atoms with Gasteiger partial charge in [0.25, 0.3) is 0 Å². The molecule has 23 heteroatoms. The van der Waals surface area contributed by atoms with Crippen LogP contribution in [0.25, 0.3) is 0 Å². The Morgan fingerprint density at radius 3 is 0.667 bits per heavy atom. The predicted octanol–water partition coefficient (Wildman–Crippen LogP) is -4.70. The summed E-state index contributed by atoms with van der Waals surface area (Å²) in [7, 11) is -15.6. The summed E-state index contributed by atoms with van der Waals surface area (Å²) >= 11 is 0. The van der Waals surface area contributed by atoms with E-state index in [9.17, 15) is 0 Å². The minimum absolute atomic E-state index is 0.694. The van der Waals surface area contributed by atoms with Gasteiger partial charge in [0, 0.05) is 26.2 Å². The van der Waals surface area contributed by atoms with Crippen LogP contribution >= 0.6 is 41.3 Å². The zero-order valence-electron chi connectivity index (χ0n) is 13.5. The van der Waals surface area contributed by atoms with E-state index >= 15 is 0 Å². The zero-order valence-corrected chi connectivity index (χ0v) is 18.5. The van der Waals surface area contributed by atoms with Crippen molar-refractivity contribution in [3.8, 4) is 0 Å². The molecule has 0 saturated carbocycles. The Balaban J connectivity index is -0.0000000500. The van der Waals surface area contributed by atoms with Gasteiger partial charge in [-0.1, -0.05) is 0 Å². The van der Waals surface area contributed by atoms with Crippen molar-refractivity contribution in [1.82, 2.24) is 5.32 Å². The van der Waals surface area contributed by atoms with E-state index in [2.05, 4.69) is 5.32 Å². The van der Waals surface area contributed by atoms with Crippen molar-refractivity contribution in [3.05, 3.63) is 0 Å². The van der Waals surface area contributed by atoms with E-state index in [0.29, 0.717) is 13.1 Å². The van der Waals surface area contributed by atoms with Crippen LogP contribution in [0.5, 0.6) is 0 Å². The number of hydrogen-bond acceptors (Lipinski definition) is 8. The van der Waals surface area contributed by atoms with Crippen LogP contribution in [0.4, 0.5) is 0 Å². The Kier molecular flexibility index (Phi) is 63.8. The van der Waals surface area contributed by atoms with Crippen LogP contribution in [0.2, 0.25) is 0 Å². The third-order valence-corrected chi connectivity index (χ3v) is 0.642. The highest BCUT2D eigenvalue weighted by Crippen LogP contribution is 1.99. The third kappa shape index (κ3) is 754. The summed E-state index contributed by atoms with van der Waals surface area (Å²) in [6.45, 7) is 3.13. The van der Waals surface area contributed by atoms with Gasteiger partial charge < -0.3 is 65.7 Å². The molecule has 0 aliphatic rings. The summed E-state index contributed by atoms with van der Waals surface area (Å²) in [5, 5.41) is 3.03. The molecule has 0 unspecified atom stereocenters. The lowest BCUT2D eigenvalue weighted by Gasteiger charge is -1.95. The van der Waals surface area contributed by atoms with Gasteiger partial charge in [-0.25, -0.2) is 0 Å². The van der Waals surface area contributed by atoms with E-state index in [0.717, 1.165) is 13.1 Å². The first-order valence-corrected chi connectivity index (χ1v) is 12.3. The van der Waals surface area contributed by atoms with E-state index in [-0.39, 0.29) is 0 Å². The Morgan fingerprint density at radius 1 is 0.481 bits per heavy atom. The molecule has 174 valence electrons. The van der Waals surface area contributed by atoms with Gasteiger partial charge in [-0.05, 0) is 0 Å². The quantitative estimate of drug-likeness (QED) is 0.124. The summed E-state index contributed by atoms with van der Waals surface area (Å²) in [5.41, 5.74) is 10.3. The Morgan fingerprint density at radius 2 is 0.593 bits per heavy atom. The summed E-state index contributed by atoms with van der Waals surface area (Å²) < 4.78 is 43.7. The van der Waals surface area contributed by atoms with Crippen molar-refractivity contribution in [1.29, 1.82) is 0 Å². The molecule has 0 aliphatic heterocycles. The topological polar surface area (TPSA) is 352 Å². The average Bonchev–Trinajstić information content (AvgIpc) is 2.35. The molecule has 27 heavy (non-hydrogen) atoms. The van der Waals surface area contributed by atoms with E-state index < -0.39 is 41.3 Å². The molecule has 0 aromatic rings. The molecule has 0 spiro atoms. The van der Waals surface area contributed by atoms with E-state index in [1.54, 1.807) is 0 Å². The normalized spacial score (nSPS) is 8.93. The van der Waals surface area contributed by atoms with Crippen molar-refractivity contribution < 1.29 is 71.8 Å². The molecular formula is C4H28N3O15P5. The molecule has 0 heterocycles. The van der Waals surface area contributed by atoms with Crippen LogP contribution in [-0.4, -0.2) is 75.1 Å². The molecule has 0 atom stereocenters. The minimum atomic E-state index is -3.13. The van der Waals surface area contributed by atoms with Crippen LogP contribution in [0.1, 0.15) is 0 Å². The lowest BCUT2D eigenvalue weighted by atomic mass is 10.6. The highest BCUT2D eigenvalue weighted by atomic mass is 31.1. The second kappa shape index (κ2) is 41.1. The standard InChI is InChI=1S/C4H13N3.5H3O3P/c5-1-3-7-4-2-6;5*1-4(2)3/h7H,1-6H2;5*4H,(H2,1,2,3). The van der Waals surface area contributed by atoms with Crippen molar-refractivity contribution in [2.45, 2.75) is 0 Å². The van der Waals surface area contributed by atoms with Crippen molar-refractivity contribution >= 4 is 41.3 Å².